The highest BCUT2D eigenvalue weighted by Crippen LogP contribution is 2.28. The molecule has 1 aliphatic rings. The van der Waals surface area contributed by atoms with Gasteiger partial charge in [0.2, 0.25) is 10.0 Å². The summed E-state index contributed by atoms with van der Waals surface area (Å²) < 4.78 is 32.2. The molecule has 0 unspecified atom stereocenters. The summed E-state index contributed by atoms with van der Waals surface area (Å²) in [5, 5.41) is -0.287. The van der Waals surface area contributed by atoms with Crippen molar-refractivity contribution < 1.29 is 13.2 Å². The van der Waals surface area contributed by atoms with Gasteiger partial charge in [-0.25, -0.2) is 8.42 Å². The monoisotopic (exact) mass is 284 g/mol. The lowest BCUT2D eigenvalue weighted by molar-refractivity contribution is 0.417. The van der Waals surface area contributed by atoms with E-state index in [-0.39, 0.29) is 5.25 Å². The Balaban J connectivity index is 2.15. The average Bonchev–Trinajstić information content (AvgIpc) is 2.42. The third kappa shape index (κ3) is 3.32. The number of benzene rings is 1. The molecule has 1 aromatic carbocycles. The number of hydrogen-bond donors (Lipinski definition) is 2. The molecule has 1 fully saturated rings. The van der Waals surface area contributed by atoms with Gasteiger partial charge < -0.3 is 10.5 Å². The number of nitrogen functional groups attached to an aromatic ring is 1. The second kappa shape index (κ2) is 5.69. The van der Waals surface area contributed by atoms with Gasteiger partial charge in [0, 0.05) is 6.07 Å². The molecule has 0 aromatic heterocycles. The van der Waals surface area contributed by atoms with Gasteiger partial charge in [0.25, 0.3) is 0 Å². The fourth-order valence-corrected chi connectivity index (χ4v) is 3.97. The van der Waals surface area contributed by atoms with E-state index < -0.39 is 10.0 Å². The molecule has 1 aromatic rings. The van der Waals surface area contributed by atoms with Crippen molar-refractivity contribution >= 4 is 21.4 Å². The van der Waals surface area contributed by atoms with Crippen molar-refractivity contribution in [2.75, 3.05) is 17.6 Å². The van der Waals surface area contributed by atoms with Crippen molar-refractivity contribution in [1.82, 2.24) is 0 Å². The number of anilines is 2. The first-order valence-corrected chi connectivity index (χ1v) is 8.03. The van der Waals surface area contributed by atoms with Crippen molar-refractivity contribution in [3.05, 3.63) is 18.2 Å². The topological polar surface area (TPSA) is 81.4 Å². The molecule has 0 spiro atoms. The molecule has 0 aliphatic heterocycles. The van der Waals surface area contributed by atoms with Crippen LogP contribution in [0.4, 0.5) is 11.4 Å². The van der Waals surface area contributed by atoms with E-state index >= 15 is 0 Å². The predicted octanol–water partition coefficient (Wildman–Crippen LogP) is 2.35. The van der Waals surface area contributed by atoms with Gasteiger partial charge in [0.05, 0.1) is 23.7 Å². The standard InChI is InChI=1S/C13H20N2O3S/c1-18-13-9-10(7-8-12(13)14)15-19(16,17)11-5-3-2-4-6-11/h7-9,11,15H,2-6,14H2,1H3. The van der Waals surface area contributed by atoms with E-state index in [0.29, 0.717) is 17.1 Å². The van der Waals surface area contributed by atoms with Gasteiger partial charge in [-0.1, -0.05) is 19.3 Å². The Morgan fingerprint density at radius 3 is 2.58 bits per heavy atom. The summed E-state index contributed by atoms with van der Waals surface area (Å²) in [4.78, 5) is 0. The van der Waals surface area contributed by atoms with E-state index in [9.17, 15) is 8.42 Å². The summed E-state index contributed by atoms with van der Waals surface area (Å²) in [5.74, 6) is 0.476. The Hall–Kier alpha value is -1.43. The minimum Gasteiger partial charge on any atom is -0.495 e. The van der Waals surface area contributed by atoms with Crippen molar-refractivity contribution in [2.24, 2.45) is 0 Å². The van der Waals surface area contributed by atoms with Crippen LogP contribution in [0.3, 0.4) is 0 Å². The lowest BCUT2D eigenvalue weighted by Crippen LogP contribution is -2.29. The van der Waals surface area contributed by atoms with Gasteiger partial charge in [-0.2, -0.15) is 0 Å². The number of methoxy groups -OCH3 is 1. The zero-order chi connectivity index (χ0) is 13.9. The second-order valence-corrected chi connectivity index (χ2v) is 6.82. The summed E-state index contributed by atoms with van der Waals surface area (Å²) in [6.07, 6.45) is 4.57. The first-order chi connectivity index (χ1) is 9.03. The van der Waals surface area contributed by atoms with Crippen LogP contribution in [0.25, 0.3) is 0 Å². The van der Waals surface area contributed by atoms with E-state index in [1.54, 1.807) is 18.2 Å². The highest BCUT2D eigenvalue weighted by atomic mass is 32.2. The highest BCUT2D eigenvalue weighted by Gasteiger charge is 2.27. The quantitative estimate of drug-likeness (QED) is 0.832. The van der Waals surface area contributed by atoms with Gasteiger partial charge in [0.15, 0.2) is 0 Å². The fourth-order valence-electron chi connectivity index (χ4n) is 2.40. The summed E-state index contributed by atoms with van der Waals surface area (Å²) >= 11 is 0. The first kappa shape index (κ1) is 14.0. The Morgan fingerprint density at radius 2 is 1.95 bits per heavy atom. The van der Waals surface area contributed by atoms with Gasteiger partial charge in [-0.3, -0.25) is 4.72 Å². The van der Waals surface area contributed by atoms with Gasteiger partial charge >= 0.3 is 0 Å². The fraction of sp³-hybridized carbons (Fsp3) is 0.538. The molecule has 0 radical (unpaired) electrons. The van der Waals surface area contributed by atoms with Crippen LogP contribution in [0.5, 0.6) is 5.75 Å². The van der Waals surface area contributed by atoms with Crippen molar-refractivity contribution in [1.29, 1.82) is 0 Å². The number of nitrogens with one attached hydrogen (secondary N) is 1. The molecule has 19 heavy (non-hydrogen) atoms. The Labute approximate surface area is 114 Å². The molecule has 6 heteroatoms. The zero-order valence-corrected chi connectivity index (χ0v) is 11.9. The maximum Gasteiger partial charge on any atom is 0.235 e. The van der Waals surface area contributed by atoms with Crippen LogP contribution >= 0.6 is 0 Å². The van der Waals surface area contributed by atoms with E-state index in [1.807, 2.05) is 0 Å². The Bertz CT molecular complexity index is 537. The highest BCUT2D eigenvalue weighted by molar-refractivity contribution is 7.93. The third-order valence-corrected chi connectivity index (χ3v) is 5.35. The predicted molar refractivity (Wildman–Crippen MR) is 76.8 cm³/mol. The zero-order valence-electron chi connectivity index (χ0n) is 11.1. The largest absolute Gasteiger partial charge is 0.495 e. The van der Waals surface area contributed by atoms with Gasteiger partial charge in [0.1, 0.15) is 5.75 Å². The van der Waals surface area contributed by atoms with Gasteiger partial charge in [-0.05, 0) is 25.0 Å². The number of nitrogens with two attached hydrogens (primary N) is 1. The summed E-state index contributed by atoms with van der Waals surface area (Å²) in [7, 11) is -1.82. The molecule has 106 valence electrons. The average molecular weight is 284 g/mol. The third-order valence-electron chi connectivity index (χ3n) is 3.48. The Kier molecular flexibility index (Phi) is 4.19. The molecule has 0 saturated heterocycles. The van der Waals surface area contributed by atoms with Crippen molar-refractivity contribution in [3.8, 4) is 5.75 Å². The van der Waals surface area contributed by atoms with E-state index in [0.717, 1.165) is 32.1 Å². The van der Waals surface area contributed by atoms with Crippen molar-refractivity contribution in [2.45, 2.75) is 37.4 Å². The Morgan fingerprint density at radius 1 is 1.26 bits per heavy atom. The van der Waals surface area contributed by atoms with Crippen LogP contribution < -0.4 is 15.2 Å². The number of hydrogen-bond acceptors (Lipinski definition) is 4. The molecule has 3 N–H and O–H groups in total. The van der Waals surface area contributed by atoms with Crippen LogP contribution in [0, 0.1) is 0 Å². The molecule has 2 rings (SSSR count). The molecule has 0 amide bonds. The molecule has 1 aliphatic carbocycles. The number of ether oxygens (including phenoxy) is 1. The van der Waals surface area contributed by atoms with E-state index in [1.165, 1.54) is 7.11 Å². The van der Waals surface area contributed by atoms with Crippen LogP contribution in [0.1, 0.15) is 32.1 Å². The second-order valence-electron chi connectivity index (χ2n) is 4.86. The minimum atomic E-state index is -3.32. The number of rotatable bonds is 4. The van der Waals surface area contributed by atoms with Gasteiger partial charge in [-0.15, -0.1) is 0 Å². The molecule has 5 nitrogen and oxygen atoms in total. The molecule has 0 atom stereocenters. The lowest BCUT2D eigenvalue weighted by Gasteiger charge is -2.22. The van der Waals surface area contributed by atoms with Crippen LogP contribution in [-0.4, -0.2) is 20.8 Å². The lowest BCUT2D eigenvalue weighted by atomic mass is 10.0. The molecule has 0 bridgehead atoms. The maximum absolute atomic E-state index is 12.3. The summed E-state index contributed by atoms with van der Waals surface area (Å²) in [5.41, 5.74) is 6.69. The molecular weight excluding hydrogens is 264 g/mol. The summed E-state index contributed by atoms with van der Waals surface area (Å²) in [6.45, 7) is 0. The SMILES string of the molecule is COc1cc(NS(=O)(=O)C2CCCCC2)ccc1N. The van der Waals surface area contributed by atoms with Crippen molar-refractivity contribution in [3.63, 3.8) is 0 Å². The normalized spacial score (nSPS) is 17.1. The minimum absolute atomic E-state index is 0.287. The molecule has 0 heterocycles. The van der Waals surface area contributed by atoms with E-state index in [2.05, 4.69) is 4.72 Å². The van der Waals surface area contributed by atoms with Crippen LogP contribution in [-0.2, 0) is 10.0 Å². The summed E-state index contributed by atoms with van der Waals surface area (Å²) in [6, 6.07) is 4.89. The number of sulfonamides is 1. The first-order valence-electron chi connectivity index (χ1n) is 6.48. The molecular formula is C13H20N2O3S. The molecule has 1 saturated carbocycles. The van der Waals surface area contributed by atoms with E-state index in [4.69, 9.17) is 10.5 Å². The van der Waals surface area contributed by atoms with Crippen LogP contribution in [0.2, 0.25) is 0 Å². The maximum atomic E-state index is 12.3. The smallest absolute Gasteiger partial charge is 0.235 e. The van der Waals surface area contributed by atoms with Crippen LogP contribution in [0.15, 0.2) is 18.2 Å².